The molecule has 1 aromatic rings. The van der Waals surface area contributed by atoms with E-state index in [1.165, 1.54) is 30.4 Å². The lowest BCUT2D eigenvalue weighted by atomic mass is 9.98. The molecule has 1 aromatic carbocycles. The number of allylic oxidation sites excluding steroid dienone is 1. The molecule has 1 unspecified atom stereocenters. The Labute approximate surface area is 109 Å². The van der Waals surface area contributed by atoms with Crippen molar-refractivity contribution in [1.82, 2.24) is 5.32 Å². The van der Waals surface area contributed by atoms with Crippen molar-refractivity contribution in [2.24, 2.45) is 0 Å². The molecule has 0 saturated carbocycles. The van der Waals surface area contributed by atoms with Crippen molar-refractivity contribution in [2.45, 2.75) is 25.3 Å². The van der Waals surface area contributed by atoms with Gasteiger partial charge < -0.3 is 14.8 Å². The normalized spacial score (nSPS) is 16.3. The Balaban J connectivity index is 2.30. The van der Waals surface area contributed by atoms with E-state index < -0.39 is 0 Å². The van der Waals surface area contributed by atoms with E-state index in [0.29, 0.717) is 0 Å². The number of nitrogens with one attached hydrogen (secondary N) is 1. The first-order chi connectivity index (χ1) is 8.80. The first-order valence-electron chi connectivity index (χ1n) is 6.38. The summed E-state index contributed by atoms with van der Waals surface area (Å²) in [7, 11) is 5.33. The molecule has 0 saturated heterocycles. The average molecular weight is 247 g/mol. The Morgan fingerprint density at radius 2 is 1.94 bits per heavy atom. The van der Waals surface area contributed by atoms with Crippen LogP contribution in [0.2, 0.25) is 0 Å². The van der Waals surface area contributed by atoms with Crippen molar-refractivity contribution in [2.75, 3.05) is 21.3 Å². The molecule has 0 aromatic heterocycles. The van der Waals surface area contributed by atoms with Gasteiger partial charge in [-0.15, -0.1) is 0 Å². The van der Waals surface area contributed by atoms with Gasteiger partial charge in [-0.05, 0) is 44.0 Å². The van der Waals surface area contributed by atoms with Crippen LogP contribution >= 0.6 is 0 Å². The summed E-state index contributed by atoms with van der Waals surface area (Å²) in [6.07, 6.45) is 5.99. The van der Waals surface area contributed by atoms with E-state index in [-0.39, 0.29) is 6.04 Å². The van der Waals surface area contributed by atoms with Gasteiger partial charge in [0.15, 0.2) is 11.5 Å². The minimum absolute atomic E-state index is 0.285. The summed E-state index contributed by atoms with van der Waals surface area (Å²) >= 11 is 0. The van der Waals surface area contributed by atoms with Crippen LogP contribution in [0.15, 0.2) is 29.8 Å². The lowest BCUT2D eigenvalue weighted by Gasteiger charge is -2.19. The number of likely N-dealkylation sites (N-methyl/N-ethyl adjacent to an activating group) is 1. The number of benzene rings is 1. The topological polar surface area (TPSA) is 30.5 Å². The van der Waals surface area contributed by atoms with Gasteiger partial charge in [-0.2, -0.15) is 0 Å². The van der Waals surface area contributed by atoms with E-state index >= 15 is 0 Å². The van der Waals surface area contributed by atoms with E-state index in [1.807, 2.05) is 13.1 Å². The second-order valence-corrected chi connectivity index (χ2v) is 4.51. The molecule has 0 fully saturated rings. The van der Waals surface area contributed by atoms with Crippen LogP contribution in [0, 0.1) is 0 Å². The van der Waals surface area contributed by atoms with Crippen LogP contribution in [0.25, 0.3) is 0 Å². The van der Waals surface area contributed by atoms with Gasteiger partial charge in [-0.1, -0.05) is 17.7 Å². The highest BCUT2D eigenvalue weighted by molar-refractivity contribution is 5.45. The zero-order valence-corrected chi connectivity index (χ0v) is 11.3. The van der Waals surface area contributed by atoms with E-state index in [9.17, 15) is 0 Å². The maximum absolute atomic E-state index is 5.36. The van der Waals surface area contributed by atoms with Crippen LogP contribution in [0.3, 0.4) is 0 Å². The fraction of sp³-hybridized carbons (Fsp3) is 0.467. The van der Waals surface area contributed by atoms with Gasteiger partial charge in [0, 0.05) is 0 Å². The Hall–Kier alpha value is -1.48. The van der Waals surface area contributed by atoms with Crippen LogP contribution in [0.4, 0.5) is 0 Å². The zero-order chi connectivity index (χ0) is 13.0. The second-order valence-electron chi connectivity index (χ2n) is 4.51. The predicted octanol–water partition coefficient (Wildman–Crippen LogP) is 3.07. The Bertz CT molecular complexity index is 440. The van der Waals surface area contributed by atoms with Crippen molar-refractivity contribution in [3.63, 3.8) is 0 Å². The molecule has 2 rings (SSSR count). The third-order valence-corrected chi connectivity index (χ3v) is 3.48. The highest BCUT2D eigenvalue weighted by Gasteiger charge is 2.18. The van der Waals surface area contributed by atoms with Gasteiger partial charge in [0.2, 0.25) is 0 Å². The van der Waals surface area contributed by atoms with Gasteiger partial charge in [0.1, 0.15) is 0 Å². The largest absolute Gasteiger partial charge is 0.493 e. The molecule has 0 heterocycles. The number of hydrogen-bond acceptors (Lipinski definition) is 3. The third kappa shape index (κ3) is 2.51. The highest BCUT2D eigenvalue weighted by Crippen LogP contribution is 2.35. The van der Waals surface area contributed by atoms with Gasteiger partial charge in [-0.25, -0.2) is 0 Å². The van der Waals surface area contributed by atoms with Crippen molar-refractivity contribution in [1.29, 1.82) is 0 Å². The minimum Gasteiger partial charge on any atom is -0.493 e. The van der Waals surface area contributed by atoms with E-state index in [1.54, 1.807) is 14.2 Å². The van der Waals surface area contributed by atoms with E-state index in [4.69, 9.17) is 9.47 Å². The summed E-state index contributed by atoms with van der Waals surface area (Å²) in [6.45, 7) is 0. The molecule has 3 nitrogen and oxygen atoms in total. The van der Waals surface area contributed by atoms with Crippen LogP contribution in [0.5, 0.6) is 11.5 Å². The van der Waals surface area contributed by atoms with Gasteiger partial charge in [0.25, 0.3) is 0 Å². The fourth-order valence-corrected chi connectivity index (χ4v) is 2.56. The Kier molecular flexibility index (Phi) is 4.26. The summed E-state index contributed by atoms with van der Waals surface area (Å²) in [4.78, 5) is 0. The molecule has 1 aliphatic rings. The monoisotopic (exact) mass is 247 g/mol. The Morgan fingerprint density at radius 1 is 1.17 bits per heavy atom. The molecule has 0 amide bonds. The first-order valence-corrected chi connectivity index (χ1v) is 6.38. The smallest absolute Gasteiger partial charge is 0.161 e. The predicted molar refractivity (Wildman–Crippen MR) is 73.3 cm³/mol. The molecule has 1 atom stereocenters. The maximum Gasteiger partial charge on any atom is 0.161 e. The van der Waals surface area contributed by atoms with Crippen molar-refractivity contribution >= 4 is 0 Å². The molecule has 0 spiro atoms. The summed E-state index contributed by atoms with van der Waals surface area (Å²) in [5, 5.41) is 3.38. The third-order valence-electron chi connectivity index (χ3n) is 3.48. The maximum atomic E-state index is 5.36. The van der Waals surface area contributed by atoms with Crippen molar-refractivity contribution in [3.8, 4) is 11.5 Å². The number of ether oxygens (including phenoxy) is 2. The molecule has 0 aliphatic heterocycles. The summed E-state index contributed by atoms with van der Waals surface area (Å²) in [5.41, 5.74) is 2.70. The number of hydrogen-bond donors (Lipinski definition) is 1. The molecule has 0 radical (unpaired) electrons. The average Bonchev–Trinajstić information content (AvgIpc) is 2.93. The molecule has 0 bridgehead atoms. The molecular weight excluding hydrogens is 226 g/mol. The summed E-state index contributed by atoms with van der Waals surface area (Å²) in [5.74, 6) is 1.56. The quantitative estimate of drug-likeness (QED) is 0.811. The van der Waals surface area contributed by atoms with E-state index in [0.717, 1.165) is 11.5 Å². The Morgan fingerprint density at radius 3 is 2.50 bits per heavy atom. The first kappa shape index (κ1) is 13.0. The molecular formula is C15H21NO2. The molecule has 18 heavy (non-hydrogen) atoms. The second kappa shape index (κ2) is 5.91. The zero-order valence-electron chi connectivity index (χ0n) is 11.3. The lowest BCUT2D eigenvalue weighted by molar-refractivity contribution is 0.354. The standard InChI is InChI=1S/C15H21NO2/c1-16-15(11-6-4-5-7-11)12-8-9-13(17-2)14(10-12)18-3/h6,8-10,15-16H,4-5,7H2,1-3H3. The molecule has 1 aliphatic carbocycles. The van der Waals surface area contributed by atoms with Crippen LogP contribution < -0.4 is 14.8 Å². The van der Waals surface area contributed by atoms with Crippen LogP contribution in [-0.2, 0) is 0 Å². The van der Waals surface area contributed by atoms with Crippen molar-refractivity contribution in [3.05, 3.63) is 35.4 Å². The van der Waals surface area contributed by atoms with Crippen LogP contribution in [-0.4, -0.2) is 21.3 Å². The van der Waals surface area contributed by atoms with E-state index in [2.05, 4.69) is 23.5 Å². The molecule has 3 heteroatoms. The fourth-order valence-electron chi connectivity index (χ4n) is 2.56. The van der Waals surface area contributed by atoms with Crippen molar-refractivity contribution < 1.29 is 9.47 Å². The number of methoxy groups -OCH3 is 2. The summed E-state index contributed by atoms with van der Waals surface area (Å²) in [6, 6.07) is 6.40. The summed E-state index contributed by atoms with van der Waals surface area (Å²) < 4.78 is 10.6. The highest BCUT2D eigenvalue weighted by atomic mass is 16.5. The SMILES string of the molecule is CNC(C1=CCCC1)c1ccc(OC)c(OC)c1. The van der Waals surface area contributed by atoms with Crippen LogP contribution in [0.1, 0.15) is 30.9 Å². The van der Waals surface area contributed by atoms with Gasteiger partial charge >= 0.3 is 0 Å². The molecule has 98 valence electrons. The minimum atomic E-state index is 0.285. The van der Waals surface area contributed by atoms with Gasteiger partial charge in [-0.3, -0.25) is 0 Å². The molecule has 1 N–H and O–H groups in total. The number of rotatable bonds is 5. The van der Waals surface area contributed by atoms with Gasteiger partial charge in [0.05, 0.1) is 20.3 Å². The lowest BCUT2D eigenvalue weighted by Crippen LogP contribution is -2.18.